The minimum Gasteiger partial charge on any atom is -0.480 e. The number of thiazole rings is 1. The largest absolute Gasteiger partial charge is 0.480 e. The van der Waals surface area contributed by atoms with Crippen LogP contribution in [0.5, 0.6) is 0 Å². The number of nitrogens with zero attached hydrogens (tertiary/aromatic N) is 1. The Bertz CT molecular complexity index is 1390. The van der Waals surface area contributed by atoms with Gasteiger partial charge in [-0.2, -0.15) is 0 Å². The lowest BCUT2D eigenvalue weighted by atomic mass is 10.0. The first-order valence-corrected chi connectivity index (χ1v) is 12.2. The van der Waals surface area contributed by atoms with Gasteiger partial charge in [0.2, 0.25) is 0 Å². The third kappa shape index (κ3) is 5.96. The molecule has 3 aromatic carbocycles. The predicted molar refractivity (Wildman–Crippen MR) is 138 cm³/mol. The van der Waals surface area contributed by atoms with Crippen LogP contribution >= 0.6 is 22.9 Å². The Labute approximate surface area is 210 Å². The van der Waals surface area contributed by atoms with Crippen molar-refractivity contribution >= 4 is 55.8 Å². The first-order valence-electron chi connectivity index (χ1n) is 11.0. The van der Waals surface area contributed by atoms with Crippen molar-refractivity contribution in [3.63, 3.8) is 0 Å². The average Bonchev–Trinajstić information content (AvgIpc) is 3.21. The number of carbonyl (C=O) groups excluding carboxylic acids is 1. The van der Waals surface area contributed by atoms with Crippen LogP contribution in [-0.4, -0.2) is 28.0 Å². The average molecular weight is 512 g/mol. The molecule has 0 bridgehead atoms. The number of rotatable bonds is 8. The molecule has 0 radical (unpaired) electrons. The van der Waals surface area contributed by atoms with Gasteiger partial charge < -0.3 is 15.7 Å². The SMILES string of the molecule is CC(C)C[C@H](NC(=O)c1ccc(-c2ccc(Nc3nc4ccc(Cl)cc4s3)c(F)c2)cc1)C(=O)O. The van der Waals surface area contributed by atoms with Gasteiger partial charge in [0.15, 0.2) is 5.13 Å². The van der Waals surface area contributed by atoms with E-state index >= 15 is 0 Å². The molecule has 4 aromatic rings. The third-order valence-electron chi connectivity index (χ3n) is 5.35. The number of carbonyl (C=O) groups is 2. The van der Waals surface area contributed by atoms with E-state index in [9.17, 15) is 19.1 Å². The zero-order valence-electron chi connectivity index (χ0n) is 19.0. The Morgan fingerprint density at radius 1 is 1.06 bits per heavy atom. The molecule has 1 amide bonds. The highest BCUT2D eigenvalue weighted by Gasteiger charge is 2.21. The summed E-state index contributed by atoms with van der Waals surface area (Å²) in [4.78, 5) is 28.4. The summed E-state index contributed by atoms with van der Waals surface area (Å²) in [6, 6.07) is 15.8. The summed E-state index contributed by atoms with van der Waals surface area (Å²) < 4.78 is 15.7. The van der Waals surface area contributed by atoms with Crippen molar-refractivity contribution in [2.45, 2.75) is 26.3 Å². The smallest absolute Gasteiger partial charge is 0.326 e. The Morgan fingerprint density at radius 2 is 1.77 bits per heavy atom. The number of hydrogen-bond donors (Lipinski definition) is 3. The number of nitrogens with one attached hydrogen (secondary N) is 2. The fourth-order valence-electron chi connectivity index (χ4n) is 3.61. The molecule has 6 nitrogen and oxygen atoms in total. The molecule has 0 aliphatic rings. The van der Waals surface area contributed by atoms with Crippen molar-refractivity contribution in [3.8, 4) is 11.1 Å². The number of aromatic nitrogens is 1. The van der Waals surface area contributed by atoms with E-state index in [4.69, 9.17) is 11.6 Å². The molecule has 180 valence electrons. The number of halogens is 2. The van der Waals surface area contributed by atoms with Gasteiger partial charge in [-0.1, -0.05) is 55.0 Å². The van der Waals surface area contributed by atoms with E-state index in [1.54, 1.807) is 42.5 Å². The number of carboxylic acid groups (broad SMARTS) is 1. The van der Waals surface area contributed by atoms with Crippen molar-refractivity contribution in [2.24, 2.45) is 5.92 Å². The Kier molecular flexibility index (Phi) is 7.33. The Balaban J connectivity index is 1.47. The van der Waals surface area contributed by atoms with Crippen molar-refractivity contribution in [2.75, 3.05) is 5.32 Å². The second-order valence-corrected chi connectivity index (χ2v) is 9.99. The van der Waals surface area contributed by atoms with Gasteiger partial charge in [0, 0.05) is 10.6 Å². The summed E-state index contributed by atoms with van der Waals surface area (Å²) in [5, 5.41) is 16.1. The van der Waals surface area contributed by atoms with Gasteiger partial charge in [-0.05, 0) is 65.9 Å². The molecule has 9 heteroatoms. The number of fused-ring (bicyclic) bond motifs is 1. The molecule has 1 heterocycles. The fraction of sp³-hybridized carbons (Fsp3) is 0.192. The van der Waals surface area contributed by atoms with E-state index in [1.165, 1.54) is 17.4 Å². The number of aliphatic carboxylic acids is 1. The summed E-state index contributed by atoms with van der Waals surface area (Å²) in [7, 11) is 0. The molecule has 4 rings (SSSR count). The molecule has 0 fully saturated rings. The highest BCUT2D eigenvalue weighted by atomic mass is 35.5. The number of amides is 1. The van der Waals surface area contributed by atoms with Gasteiger partial charge in [-0.25, -0.2) is 14.2 Å². The molecular weight excluding hydrogens is 489 g/mol. The van der Waals surface area contributed by atoms with Gasteiger partial charge in [0.25, 0.3) is 5.91 Å². The van der Waals surface area contributed by atoms with E-state index in [2.05, 4.69) is 15.6 Å². The molecular formula is C26H23ClFN3O3S. The van der Waals surface area contributed by atoms with Crippen LogP contribution in [0.3, 0.4) is 0 Å². The van der Waals surface area contributed by atoms with Crippen LogP contribution in [0.1, 0.15) is 30.6 Å². The summed E-state index contributed by atoms with van der Waals surface area (Å²) >= 11 is 7.40. The van der Waals surface area contributed by atoms with Crippen LogP contribution in [0.15, 0.2) is 60.7 Å². The van der Waals surface area contributed by atoms with E-state index in [1.807, 2.05) is 26.0 Å². The second kappa shape index (κ2) is 10.4. The van der Waals surface area contributed by atoms with Gasteiger partial charge in [-0.3, -0.25) is 4.79 Å². The topological polar surface area (TPSA) is 91.3 Å². The number of carboxylic acids is 1. The van der Waals surface area contributed by atoms with Crippen LogP contribution < -0.4 is 10.6 Å². The molecule has 1 aromatic heterocycles. The van der Waals surface area contributed by atoms with E-state index < -0.39 is 23.7 Å². The lowest BCUT2D eigenvalue weighted by molar-refractivity contribution is -0.139. The molecule has 0 aliphatic heterocycles. The van der Waals surface area contributed by atoms with E-state index in [-0.39, 0.29) is 5.92 Å². The van der Waals surface area contributed by atoms with Crippen molar-refractivity contribution in [3.05, 3.63) is 77.1 Å². The van der Waals surface area contributed by atoms with Crippen LogP contribution in [0.2, 0.25) is 5.02 Å². The van der Waals surface area contributed by atoms with Crippen LogP contribution in [-0.2, 0) is 4.79 Å². The molecule has 0 unspecified atom stereocenters. The monoisotopic (exact) mass is 511 g/mol. The van der Waals surface area contributed by atoms with Gasteiger partial charge in [0.05, 0.1) is 15.9 Å². The number of anilines is 2. The molecule has 0 saturated heterocycles. The summed E-state index contributed by atoms with van der Waals surface area (Å²) in [5.74, 6) is -1.85. The highest BCUT2D eigenvalue weighted by Crippen LogP contribution is 2.32. The normalized spacial score (nSPS) is 12.0. The first kappa shape index (κ1) is 24.6. The first-order chi connectivity index (χ1) is 16.7. The number of hydrogen-bond acceptors (Lipinski definition) is 5. The minimum absolute atomic E-state index is 0.124. The Morgan fingerprint density at radius 3 is 2.43 bits per heavy atom. The third-order valence-corrected chi connectivity index (χ3v) is 6.52. The van der Waals surface area contributed by atoms with Gasteiger partial charge in [0.1, 0.15) is 11.9 Å². The quantitative estimate of drug-likeness (QED) is 0.244. The van der Waals surface area contributed by atoms with E-state index in [0.717, 1.165) is 15.8 Å². The van der Waals surface area contributed by atoms with E-state index in [0.29, 0.717) is 33.4 Å². The summed E-state index contributed by atoms with van der Waals surface area (Å²) in [5.41, 5.74) is 2.76. The van der Waals surface area contributed by atoms with Crippen LogP contribution in [0.4, 0.5) is 15.2 Å². The summed E-state index contributed by atoms with van der Waals surface area (Å²) in [6.07, 6.45) is 0.337. The van der Waals surface area contributed by atoms with Gasteiger partial charge in [-0.15, -0.1) is 0 Å². The Hall–Kier alpha value is -3.49. The number of benzene rings is 3. The lowest BCUT2D eigenvalue weighted by Gasteiger charge is -2.16. The maximum Gasteiger partial charge on any atom is 0.326 e. The molecule has 3 N–H and O–H groups in total. The molecule has 0 aliphatic carbocycles. The maximum absolute atomic E-state index is 14.8. The van der Waals surface area contributed by atoms with Crippen molar-refractivity contribution in [1.82, 2.24) is 10.3 Å². The highest BCUT2D eigenvalue weighted by molar-refractivity contribution is 7.22. The zero-order chi connectivity index (χ0) is 25.1. The molecule has 0 spiro atoms. The summed E-state index contributed by atoms with van der Waals surface area (Å²) in [6.45, 7) is 3.79. The minimum atomic E-state index is -1.07. The molecule has 35 heavy (non-hydrogen) atoms. The van der Waals surface area contributed by atoms with Crippen LogP contribution in [0, 0.1) is 11.7 Å². The van der Waals surface area contributed by atoms with Crippen molar-refractivity contribution in [1.29, 1.82) is 0 Å². The molecule has 0 saturated carbocycles. The lowest BCUT2D eigenvalue weighted by Crippen LogP contribution is -2.41. The van der Waals surface area contributed by atoms with Gasteiger partial charge >= 0.3 is 5.97 Å². The maximum atomic E-state index is 14.8. The van der Waals surface area contributed by atoms with Crippen LogP contribution in [0.25, 0.3) is 21.3 Å². The molecule has 1 atom stereocenters. The second-order valence-electron chi connectivity index (χ2n) is 8.52. The predicted octanol–water partition coefficient (Wildman–Crippen LogP) is 6.73. The zero-order valence-corrected chi connectivity index (χ0v) is 20.6. The fourth-order valence-corrected chi connectivity index (χ4v) is 4.77. The standard InChI is InChI=1S/C26H23ClFN3O3S/c1-14(2)11-22(25(33)34)29-24(32)16-5-3-15(4-6-16)17-7-9-20(19(28)12-17)30-26-31-21-10-8-18(27)13-23(21)35-26/h3-10,12-14,22H,11H2,1-2H3,(H,29,32)(H,30,31)(H,33,34)/t22-/m0/s1. The van der Waals surface area contributed by atoms with Crippen molar-refractivity contribution < 1.29 is 19.1 Å².